The number of aliphatic hydroxyl groups is 4. The maximum atomic E-state index is 10.3. The molecule has 0 aromatic rings. The molecular weight excluding hydrogens is 508 g/mol. The van der Waals surface area contributed by atoms with Gasteiger partial charge in [-0.3, -0.25) is 0 Å². The van der Waals surface area contributed by atoms with Crippen molar-refractivity contribution in [1.29, 1.82) is 0 Å². The first-order valence-electron chi connectivity index (χ1n) is 18.9. The number of hydrogen-bond donors (Lipinski definition) is 4. The fourth-order valence-corrected chi connectivity index (χ4v) is 6.62. The fourth-order valence-electron chi connectivity index (χ4n) is 6.62. The first-order chi connectivity index (χ1) is 20.0. The van der Waals surface area contributed by atoms with Crippen LogP contribution in [0, 0.1) is 0 Å². The molecule has 0 bridgehead atoms. The fraction of sp³-hybridized carbons (Fsp3) is 1.00. The van der Waals surface area contributed by atoms with E-state index in [1.54, 1.807) is 0 Å². The summed E-state index contributed by atoms with van der Waals surface area (Å²) in [7, 11) is 0. The summed E-state index contributed by atoms with van der Waals surface area (Å²) in [5, 5.41) is 41.3. The van der Waals surface area contributed by atoms with Crippen molar-refractivity contribution in [1.82, 2.24) is 0 Å². The lowest BCUT2D eigenvalue weighted by Crippen LogP contribution is -2.54. The Kier molecular flexibility index (Phi) is 26.0. The summed E-state index contributed by atoms with van der Waals surface area (Å²) < 4.78 is 0. The molecule has 0 atom stereocenters. The van der Waals surface area contributed by atoms with Crippen molar-refractivity contribution < 1.29 is 20.4 Å². The predicted octanol–water partition coefficient (Wildman–Crippen LogP) is 11.0. The third-order valence-electron chi connectivity index (χ3n) is 9.69. The SMILES string of the molecule is OC1(O)CCCCCCCCCCCCCCCCCCCCCCCCCCCCCCCCCCCC1(O)O. The van der Waals surface area contributed by atoms with Crippen LogP contribution in [0.4, 0.5) is 0 Å². The van der Waals surface area contributed by atoms with E-state index in [2.05, 4.69) is 0 Å². The van der Waals surface area contributed by atoms with Crippen molar-refractivity contribution in [3.05, 3.63) is 0 Å². The largest absolute Gasteiger partial charge is 0.361 e. The van der Waals surface area contributed by atoms with E-state index in [0.717, 1.165) is 25.7 Å². The normalized spacial score (nSPS) is 25.5. The molecule has 0 saturated heterocycles. The van der Waals surface area contributed by atoms with Crippen LogP contribution in [0.25, 0.3) is 0 Å². The van der Waals surface area contributed by atoms with Gasteiger partial charge in [0.25, 0.3) is 0 Å². The van der Waals surface area contributed by atoms with Gasteiger partial charge in [-0.1, -0.05) is 199 Å². The summed E-state index contributed by atoms with van der Waals surface area (Å²) in [5.74, 6) is -4.83. The van der Waals surface area contributed by atoms with Gasteiger partial charge in [-0.05, 0) is 12.8 Å². The van der Waals surface area contributed by atoms with E-state index < -0.39 is 11.6 Å². The van der Waals surface area contributed by atoms with Crippen LogP contribution < -0.4 is 0 Å². The van der Waals surface area contributed by atoms with Crippen LogP contribution in [-0.4, -0.2) is 32.0 Å². The molecule has 1 saturated carbocycles. The highest BCUT2D eigenvalue weighted by Gasteiger charge is 2.45. The molecule has 0 aromatic carbocycles. The van der Waals surface area contributed by atoms with Gasteiger partial charge in [0.2, 0.25) is 11.6 Å². The zero-order valence-corrected chi connectivity index (χ0v) is 27.5. The maximum Gasteiger partial charge on any atom is 0.218 e. The van der Waals surface area contributed by atoms with Gasteiger partial charge < -0.3 is 20.4 Å². The lowest BCUT2D eigenvalue weighted by molar-refractivity contribution is -0.361. The van der Waals surface area contributed by atoms with Gasteiger partial charge in [-0.15, -0.1) is 0 Å². The van der Waals surface area contributed by atoms with Crippen LogP contribution in [0.5, 0.6) is 0 Å². The van der Waals surface area contributed by atoms with Crippen LogP contribution in [0.15, 0.2) is 0 Å². The molecule has 1 fully saturated rings. The van der Waals surface area contributed by atoms with Gasteiger partial charge in [0.05, 0.1) is 0 Å². The van der Waals surface area contributed by atoms with E-state index in [4.69, 9.17) is 0 Å². The van der Waals surface area contributed by atoms with Crippen molar-refractivity contribution in [3.63, 3.8) is 0 Å². The van der Waals surface area contributed by atoms with E-state index in [1.165, 1.54) is 173 Å². The standard InChI is InChI=1S/C37H74O4/c38-36(39)34-32-30-28-26-24-22-20-18-16-14-12-10-8-6-4-2-1-3-5-7-9-11-13-15-17-19-21-23-25-27-29-31-33-35-37(36,40)41/h38-41H,1-35H2. The molecule has 0 radical (unpaired) electrons. The smallest absolute Gasteiger partial charge is 0.218 e. The molecule has 0 heterocycles. The molecule has 0 spiro atoms. The molecule has 0 unspecified atom stereocenters. The minimum atomic E-state index is -2.41. The Bertz CT molecular complexity index is 487. The monoisotopic (exact) mass is 583 g/mol. The highest BCUT2D eigenvalue weighted by molar-refractivity contribution is 4.82. The highest BCUT2D eigenvalue weighted by atomic mass is 16.6. The number of hydrogen-bond acceptors (Lipinski definition) is 4. The summed E-state index contributed by atoms with van der Waals surface area (Å²) in [6.07, 6.45) is 42.5. The van der Waals surface area contributed by atoms with Crippen molar-refractivity contribution in [2.75, 3.05) is 0 Å². The summed E-state index contributed by atoms with van der Waals surface area (Å²) in [6.45, 7) is 0. The molecule has 1 aliphatic carbocycles. The third-order valence-corrected chi connectivity index (χ3v) is 9.69. The minimum Gasteiger partial charge on any atom is -0.361 e. The van der Waals surface area contributed by atoms with E-state index >= 15 is 0 Å². The molecule has 0 amide bonds. The van der Waals surface area contributed by atoms with Crippen molar-refractivity contribution in [3.8, 4) is 0 Å². The van der Waals surface area contributed by atoms with Crippen LogP contribution in [0.2, 0.25) is 0 Å². The lowest BCUT2D eigenvalue weighted by atomic mass is 9.93. The van der Waals surface area contributed by atoms with Gasteiger partial charge in [-0.2, -0.15) is 0 Å². The van der Waals surface area contributed by atoms with Gasteiger partial charge in [-0.25, -0.2) is 0 Å². The maximum absolute atomic E-state index is 10.3. The lowest BCUT2D eigenvalue weighted by Gasteiger charge is -2.35. The van der Waals surface area contributed by atoms with Crippen LogP contribution >= 0.6 is 0 Å². The summed E-state index contributed by atoms with van der Waals surface area (Å²) in [6, 6.07) is 0. The summed E-state index contributed by atoms with van der Waals surface area (Å²) in [4.78, 5) is 0. The molecule has 1 rings (SSSR count). The Balaban J connectivity index is 2.21. The second-order valence-corrected chi connectivity index (χ2v) is 13.8. The van der Waals surface area contributed by atoms with E-state index in [9.17, 15) is 20.4 Å². The average Bonchev–Trinajstić information content (AvgIpc) is 2.94. The van der Waals surface area contributed by atoms with Gasteiger partial charge in [0.1, 0.15) is 0 Å². The first-order valence-corrected chi connectivity index (χ1v) is 18.9. The van der Waals surface area contributed by atoms with E-state index in [0.29, 0.717) is 12.8 Å². The van der Waals surface area contributed by atoms with Crippen molar-refractivity contribution in [2.45, 2.75) is 236 Å². The average molecular weight is 583 g/mol. The Morgan fingerprint density at radius 2 is 0.268 bits per heavy atom. The molecule has 246 valence electrons. The second-order valence-electron chi connectivity index (χ2n) is 13.8. The molecule has 4 nitrogen and oxygen atoms in total. The van der Waals surface area contributed by atoms with E-state index in [1.807, 2.05) is 0 Å². The Labute approximate surface area is 256 Å². The molecule has 4 N–H and O–H groups in total. The first kappa shape index (κ1) is 38.9. The topological polar surface area (TPSA) is 80.9 Å². The van der Waals surface area contributed by atoms with Gasteiger partial charge >= 0.3 is 0 Å². The molecule has 0 aromatic heterocycles. The summed E-state index contributed by atoms with van der Waals surface area (Å²) in [5.41, 5.74) is 0. The van der Waals surface area contributed by atoms with E-state index in [-0.39, 0.29) is 12.8 Å². The predicted molar refractivity (Wildman–Crippen MR) is 176 cm³/mol. The Hall–Kier alpha value is -0.160. The molecular formula is C37H74O4. The van der Waals surface area contributed by atoms with Crippen molar-refractivity contribution in [2.24, 2.45) is 0 Å². The molecule has 4 heteroatoms. The molecule has 1 aliphatic rings. The van der Waals surface area contributed by atoms with Crippen LogP contribution in [0.3, 0.4) is 0 Å². The summed E-state index contributed by atoms with van der Waals surface area (Å²) >= 11 is 0. The van der Waals surface area contributed by atoms with Crippen molar-refractivity contribution >= 4 is 0 Å². The van der Waals surface area contributed by atoms with Gasteiger partial charge in [0, 0.05) is 12.8 Å². The zero-order valence-electron chi connectivity index (χ0n) is 27.5. The van der Waals surface area contributed by atoms with Crippen LogP contribution in [0.1, 0.15) is 225 Å². The highest BCUT2D eigenvalue weighted by Crippen LogP contribution is 2.29. The third kappa shape index (κ3) is 23.9. The number of rotatable bonds is 0. The van der Waals surface area contributed by atoms with Gasteiger partial charge in [0.15, 0.2) is 0 Å². The molecule has 41 heavy (non-hydrogen) atoms. The van der Waals surface area contributed by atoms with Crippen LogP contribution in [-0.2, 0) is 0 Å². The minimum absolute atomic E-state index is 0.0278. The Morgan fingerprint density at radius 1 is 0.171 bits per heavy atom. The zero-order chi connectivity index (χ0) is 29.7. The Morgan fingerprint density at radius 3 is 0.390 bits per heavy atom. The quantitative estimate of drug-likeness (QED) is 0.214. The molecule has 0 aliphatic heterocycles. The second kappa shape index (κ2) is 27.4.